The van der Waals surface area contributed by atoms with Crippen molar-refractivity contribution in [3.63, 3.8) is 0 Å². The number of hydrogen-bond donors (Lipinski definition) is 2. The predicted octanol–water partition coefficient (Wildman–Crippen LogP) is 3.76. The molecule has 0 radical (unpaired) electrons. The fourth-order valence-electron chi connectivity index (χ4n) is 2.28. The van der Waals surface area contributed by atoms with Gasteiger partial charge in [0.15, 0.2) is 11.6 Å². The molecule has 0 fully saturated rings. The van der Waals surface area contributed by atoms with Crippen molar-refractivity contribution in [2.24, 2.45) is 0 Å². The minimum Gasteiger partial charge on any atom is -0.491 e. The molecule has 5 nitrogen and oxygen atoms in total. The van der Waals surface area contributed by atoms with Crippen molar-refractivity contribution in [1.29, 1.82) is 0 Å². The molecule has 2 N–H and O–H groups in total. The molecule has 138 valence electrons. The number of hydrogen-bond acceptors (Lipinski definition) is 3. The summed E-state index contributed by atoms with van der Waals surface area (Å²) in [6.45, 7) is 2.83. The number of anilines is 1. The second kappa shape index (κ2) is 10.2. The molecule has 0 aliphatic rings. The van der Waals surface area contributed by atoms with Crippen LogP contribution < -0.4 is 15.4 Å². The quantitative estimate of drug-likeness (QED) is 0.671. The van der Waals surface area contributed by atoms with Crippen LogP contribution in [0.5, 0.6) is 5.75 Å². The lowest BCUT2D eigenvalue weighted by molar-refractivity contribution is -0.116. The fraction of sp³-hybridized carbons (Fsp3) is 0.300. The third-order valence-electron chi connectivity index (χ3n) is 3.59. The second-order valence-corrected chi connectivity index (χ2v) is 5.77. The molecule has 2 rings (SSSR count). The van der Waals surface area contributed by atoms with E-state index < -0.39 is 5.82 Å². The van der Waals surface area contributed by atoms with E-state index in [1.165, 1.54) is 6.07 Å². The Kier molecular flexibility index (Phi) is 7.61. The van der Waals surface area contributed by atoms with E-state index in [-0.39, 0.29) is 30.6 Å². The zero-order valence-corrected chi connectivity index (χ0v) is 14.8. The highest BCUT2D eigenvalue weighted by Crippen LogP contribution is 2.16. The smallest absolute Gasteiger partial charge is 0.251 e. The van der Waals surface area contributed by atoms with E-state index in [1.54, 1.807) is 42.5 Å². The average molecular weight is 358 g/mol. The van der Waals surface area contributed by atoms with Gasteiger partial charge in [-0.15, -0.1) is 0 Å². The van der Waals surface area contributed by atoms with Gasteiger partial charge in [-0.3, -0.25) is 9.59 Å². The normalized spacial score (nSPS) is 10.2. The molecule has 6 heteroatoms. The van der Waals surface area contributed by atoms with Gasteiger partial charge in [-0.1, -0.05) is 25.1 Å². The van der Waals surface area contributed by atoms with Gasteiger partial charge in [0.05, 0.1) is 6.61 Å². The molecule has 0 spiro atoms. The minimum atomic E-state index is -0.421. The standard InChI is InChI=1S/C20H23FN2O3/c1-2-12-22-20(25)15-7-5-8-16(14-15)23-19(24)11-6-13-26-18-10-4-3-9-17(18)21/h3-5,7-10,14H,2,6,11-13H2,1H3,(H,22,25)(H,23,24). The first kappa shape index (κ1) is 19.4. The van der Waals surface area contributed by atoms with E-state index in [0.29, 0.717) is 24.2 Å². The summed E-state index contributed by atoms with van der Waals surface area (Å²) in [5.41, 5.74) is 1.06. The topological polar surface area (TPSA) is 67.4 Å². The SMILES string of the molecule is CCCNC(=O)c1cccc(NC(=O)CCCOc2ccccc2F)c1. The summed E-state index contributed by atoms with van der Waals surface area (Å²) >= 11 is 0. The lowest BCUT2D eigenvalue weighted by Crippen LogP contribution is -2.24. The highest BCUT2D eigenvalue weighted by Gasteiger charge is 2.08. The first-order valence-electron chi connectivity index (χ1n) is 8.65. The van der Waals surface area contributed by atoms with Gasteiger partial charge in [0.25, 0.3) is 5.91 Å². The summed E-state index contributed by atoms with van der Waals surface area (Å²) in [7, 11) is 0. The maximum absolute atomic E-state index is 13.4. The number of carbonyl (C=O) groups excluding carboxylic acids is 2. The molecular weight excluding hydrogens is 335 g/mol. The van der Waals surface area contributed by atoms with Crippen molar-refractivity contribution in [3.05, 3.63) is 59.9 Å². The van der Waals surface area contributed by atoms with Gasteiger partial charge in [-0.2, -0.15) is 0 Å². The molecule has 26 heavy (non-hydrogen) atoms. The number of halogens is 1. The van der Waals surface area contributed by atoms with Gasteiger partial charge in [-0.25, -0.2) is 4.39 Å². The zero-order chi connectivity index (χ0) is 18.8. The molecule has 0 aromatic heterocycles. The zero-order valence-electron chi connectivity index (χ0n) is 14.8. The number of rotatable bonds is 9. The van der Waals surface area contributed by atoms with Gasteiger partial charge >= 0.3 is 0 Å². The van der Waals surface area contributed by atoms with E-state index in [9.17, 15) is 14.0 Å². The molecular formula is C20H23FN2O3. The van der Waals surface area contributed by atoms with Crippen molar-refractivity contribution >= 4 is 17.5 Å². The van der Waals surface area contributed by atoms with Crippen LogP contribution in [-0.2, 0) is 4.79 Å². The fourth-order valence-corrected chi connectivity index (χ4v) is 2.28. The number of ether oxygens (including phenoxy) is 1. The van der Waals surface area contributed by atoms with E-state index >= 15 is 0 Å². The van der Waals surface area contributed by atoms with E-state index in [2.05, 4.69) is 10.6 Å². The monoisotopic (exact) mass is 358 g/mol. The van der Waals surface area contributed by atoms with Gasteiger partial charge in [0, 0.05) is 24.2 Å². The van der Waals surface area contributed by atoms with Crippen LogP contribution in [0.15, 0.2) is 48.5 Å². The largest absolute Gasteiger partial charge is 0.491 e. The number of benzene rings is 2. The van der Waals surface area contributed by atoms with E-state index in [4.69, 9.17) is 4.74 Å². The Morgan fingerprint density at radius 2 is 1.92 bits per heavy atom. The van der Waals surface area contributed by atoms with Crippen molar-refractivity contribution in [2.45, 2.75) is 26.2 Å². The van der Waals surface area contributed by atoms with Crippen LogP contribution in [0.2, 0.25) is 0 Å². The van der Waals surface area contributed by atoms with Crippen molar-refractivity contribution in [1.82, 2.24) is 5.32 Å². The van der Waals surface area contributed by atoms with E-state index in [0.717, 1.165) is 6.42 Å². The van der Waals surface area contributed by atoms with Crippen LogP contribution in [0.1, 0.15) is 36.5 Å². The van der Waals surface area contributed by atoms with Gasteiger partial charge in [-0.05, 0) is 43.2 Å². The lowest BCUT2D eigenvalue weighted by atomic mass is 10.2. The Morgan fingerprint density at radius 3 is 2.69 bits per heavy atom. The van der Waals surface area contributed by atoms with Gasteiger partial charge < -0.3 is 15.4 Å². The maximum Gasteiger partial charge on any atom is 0.251 e. The Hall–Kier alpha value is -2.89. The minimum absolute atomic E-state index is 0.166. The molecule has 0 atom stereocenters. The summed E-state index contributed by atoms with van der Waals surface area (Å²) in [4.78, 5) is 23.9. The van der Waals surface area contributed by atoms with Gasteiger partial charge in [0.2, 0.25) is 5.91 Å². The third kappa shape index (κ3) is 6.20. The summed E-state index contributed by atoms with van der Waals surface area (Å²) < 4.78 is 18.7. The Morgan fingerprint density at radius 1 is 1.12 bits per heavy atom. The Balaban J connectivity index is 1.77. The first-order valence-corrected chi connectivity index (χ1v) is 8.65. The molecule has 0 saturated carbocycles. The highest BCUT2D eigenvalue weighted by atomic mass is 19.1. The molecule has 0 unspecified atom stereocenters. The molecule has 2 aromatic carbocycles. The molecule has 0 saturated heterocycles. The van der Waals surface area contributed by atoms with Crippen molar-refractivity contribution in [2.75, 3.05) is 18.5 Å². The predicted molar refractivity (Wildman–Crippen MR) is 98.8 cm³/mol. The van der Waals surface area contributed by atoms with Crippen LogP contribution in [0.4, 0.5) is 10.1 Å². The van der Waals surface area contributed by atoms with Gasteiger partial charge in [0.1, 0.15) is 0 Å². The van der Waals surface area contributed by atoms with E-state index in [1.807, 2.05) is 6.92 Å². The third-order valence-corrected chi connectivity index (χ3v) is 3.59. The summed E-state index contributed by atoms with van der Waals surface area (Å²) in [6.07, 6.45) is 1.55. The number of nitrogens with one attached hydrogen (secondary N) is 2. The first-order chi connectivity index (χ1) is 12.6. The average Bonchev–Trinajstić information content (AvgIpc) is 2.64. The molecule has 0 bridgehead atoms. The maximum atomic E-state index is 13.4. The number of para-hydroxylation sites is 1. The van der Waals surface area contributed by atoms with Crippen LogP contribution in [-0.4, -0.2) is 25.0 Å². The number of amides is 2. The number of carbonyl (C=O) groups is 2. The molecule has 0 aliphatic carbocycles. The summed E-state index contributed by atoms with van der Waals surface area (Å²) in [6, 6.07) is 12.9. The lowest BCUT2D eigenvalue weighted by Gasteiger charge is -2.09. The molecule has 0 heterocycles. The second-order valence-electron chi connectivity index (χ2n) is 5.77. The molecule has 2 amide bonds. The summed E-state index contributed by atoms with van der Waals surface area (Å²) in [5.74, 6) is -0.594. The Labute approximate surface area is 152 Å². The highest BCUT2D eigenvalue weighted by molar-refractivity contribution is 5.97. The summed E-state index contributed by atoms with van der Waals surface area (Å²) in [5, 5.41) is 5.55. The Bertz CT molecular complexity index is 749. The van der Waals surface area contributed by atoms with Crippen molar-refractivity contribution < 1.29 is 18.7 Å². The van der Waals surface area contributed by atoms with Crippen LogP contribution in [0, 0.1) is 5.82 Å². The van der Waals surface area contributed by atoms with Crippen LogP contribution in [0.25, 0.3) is 0 Å². The van der Waals surface area contributed by atoms with Crippen LogP contribution in [0.3, 0.4) is 0 Å². The van der Waals surface area contributed by atoms with Crippen LogP contribution >= 0.6 is 0 Å². The van der Waals surface area contributed by atoms with Crippen molar-refractivity contribution in [3.8, 4) is 5.75 Å². The molecule has 0 aliphatic heterocycles. The molecule has 2 aromatic rings.